The van der Waals surface area contributed by atoms with E-state index in [2.05, 4.69) is 25.4 Å². The Morgan fingerprint density at radius 3 is 2.77 bits per heavy atom. The third kappa shape index (κ3) is 4.01. The van der Waals surface area contributed by atoms with Gasteiger partial charge < -0.3 is 15.3 Å². The van der Waals surface area contributed by atoms with Crippen LogP contribution in [0.25, 0.3) is 28.1 Å². The Morgan fingerprint density at radius 2 is 2.00 bits per heavy atom. The highest BCUT2D eigenvalue weighted by molar-refractivity contribution is 5.73. The summed E-state index contributed by atoms with van der Waals surface area (Å²) in [7, 11) is 1.88. The molecule has 8 nitrogen and oxygen atoms in total. The Labute approximate surface area is 202 Å². The monoisotopic (exact) mass is 471 g/mol. The zero-order valence-corrected chi connectivity index (χ0v) is 19.3. The molecule has 2 bridgehead atoms. The number of phenols is 1. The number of hydrogen-bond donors (Lipinski definition) is 2. The van der Waals surface area contributed by atoms with Gasteiger partial charge in [0.2, 0.25) is 0 Å². The fourth-order valence-corrected chi connectivity index (χ4v) is 5.19. The highest BCUT2D eigenvalue weighted by Gasteiger charge is 2.43. The molecular formula is C26H26FN7O. The van der Waals surface area contributed by atoms with Gasteiger partial charge >= 0.3 is 0 Å². The number of nitrogens with zero attached hydrogens (tertiary/aromatic N) is 6. The highest BCUT2D eigenvalue weighted by Crippen LogP contribution is 2.35. The number of aromatic nitrogens is 5. The van der Waals surface area contributed by atoms with Crippen molar-refractivity contribution in [2.75, 3.05) is 11.9 Å². The van der Waals surface area contributed by atoms with Crippen molar-refractivity contribution in [3.8, 4) is 33.8 Å². The van der Waals surface area contributed by atoms with Crippen molar-refractivity contribution < 1.29 is 9.50 Å². The SMILES string of the molecule is CN(c1cnc(-c2ccc(-c3cnn(-c4cccnc4)c3)cc2O)cn1)[C@H]1CC2CCC(N2)[C@H]1F. The molecule has 9 heteroatoms. The van der Waals surface area contributed by atoms with Crippen LogP contribution in [-0.2, 0) is 0 Å². The molecule has 0 spiro atoms. The second-order valence-electron chi connectivity index (χ2n) is 9.28. The molecule has 2 fully saturated rings. The second-order valence-corrected chi connectivity index (χ2v) is 9.28. The van der Waals surface area contributed by atoms with E-state index in [1.807, 2.05) is 42.4 Å². The van der Waals surface area contributed by atoms with Crippen LogP contribution < -0.4 is 10.2 Å². The fraction of sp³-hybridized carbons (Fsp3) is 0.308. The highest BCUT2D eigenvalue weighted by atomic mass is 19.1. The molecule has 2 aliphatic heterocycles. The molecular weight excluding hydrogens is 445 g/mol. The van der Waals surface area contributed by atoms with Crippen molar-refractivity contribution in [1.29, 1.82) is 0 Å². The van der Waals surface area contributed by atoms with Gasteiger partial charge in [-0.05, 0) is 49.1 Å². The second kappa shape index (κ2) is 8.74. The van der Waals surface area contributed by atoms with Crippen LogP contribution in [0.2, 0.25) is 0 Å². The summed E-state index contributed by atoms with van der Waals surface area (Å²) in [5.41, 5.74) is 3.70. The Hall–Kier alpha value is -3.85. The predicted molar refractivity (Wildman–Crippen MR) is 131 cm³/mol. The zero-order valence-electron chi connectivity index (χ0n) is 19.3. The van der Waals surface area contributed by atoms with E-state index in [9.17, 15) is 9.50 Å². The summed E-state index contributed by atoms with van der Waals surface area (Å²) in [5.74, 6) is 0.729. The lowest BCUT2D eigenvalue weighted by atomic mass is 9.96. The molecule has 0 aliphatic carbocycles. The van der Waals surface area contributed by atoms with Crippen molar-refractivity contribution in [3.63, 3.8) is 0 Å². The molecule has 3 aromatic heterocycles. The van der Waals surface area contributed by atoms with Crippen molar-refractivity contribution in [3.05, 3.63) is 67.5 Å². The van der Waals surface area contributed by atoms with Gasteiger partial charge in [-0.3, -0.25) is 9.97 Å². The van der Waals surface area contributed by atoms with E-state index >= 15 is 0 Å². The molecule has 178 valence electrons. The zero-order chi connectivity index (χ0) is 23.9. The van der Waals surface area contributed by atoms with Crippen molar-refractivity contribution in [1.82, 2.24) is 30.0 Å². The van der Waals surface area contributed by atoms with Crippen LogP contribution in [0.15, 0.2) is 67.5 Å². The van der Waals surface area contributed by atoms with Gasteiger partial charge in [-0.2, -0.15) is 5.10 Å². The quantitative estimate of drug-likeness (QED) is 0.458. The number of hydrogen-bond acceptors (Lipinski definition) is 7. The number of pyridine rings is 1. The fourth-order valence-electron chi connectivity index (χ4n) is 5.19. The minimum Gasteiger partial charge on any atom is -0.507 e. The molecule has 35 heavy (non-hydrogen) atoms. The number of anilines is 1. The van der Waals surface area contributed by atoms with Gasteiger partial charge in [0, 0.05) is 42.7 Å². The third-order valence-electron chi connectivity index (χ3n) is 7.15. The summed E-state index contributed by atoms with van der Waals surface area (Å²) in [5, 5.41) is 18.5. The van der Waals surface area contributed by atoms with Gasteiger partial charge in [0.15, 0.2) is 0 Å². The van der Waals surface area contributed by atoms with E-state index < -0.39 is 6.17 Å². The molecule has 4 atom stereocenters. The van der Waals surface area contributed by atoms with E-state index in [-0.39, 0.29) is 17.8 Å². The number of nitrogens with one attached hydrogen (secondary N) is 1. The Kier molecular flexibility index (Phi) is 5.41. The first-order valence-corrected chi connectivity index (χ1v) is 11.8. The minimum atomic E-state index is -0.931. The standard InChI is InChI=1S/C26H26FN7O/c1-33(23-10-18-5-7-21(32-18)26(23)27)25-14-29-22(13-30-25)20-6-4-16(9-24(20)35)17-11-31-34(15-17)19-3-2-8-28-12-19/h2-4,6,8-9,11-15,18,21,23,26,32,35H,5,7,10H2,1H3/t18?,21?,23-,26+/m0/s1. The van der Waals surface area contributed by atoms with E-state index in [1.165, 1.54) is 0 Å². The maximum Gasteiger partial charge on any atom is 0.147 e. The summed E-state index contributed by atoms with van der Waals surface area (Å²) in [6.45, 7) is 0. The van der Waals surface area contributed by atoms with Crippen LogP contribution in [0.5, 0.6) is 5.75 Å². The van der Waals surface area contributed by atoms with Gasteiger partial charge in [0.1, 0.15) is 17.7 Å². The van der Waals surface area contributed by atoms with Gasteiger partial charge in [-0.25, -0.2) is 14.1 Å². The smallest absolute Gasteiger partial charge is 0.147 e. The predicted octanol–water partition coefficient (Wildman–Crippen LogP) is 3.76. The molecule has 4 aromatic rings. The molecule has 2 aliphatic rings. The molecule has 0 radical (unpaired) electrons. The van der Waals surface area contributed by atoms with E-state index in [1.54, 1.807) is 41.7 Å². The molecule has 2 N–H and O–H groups in total. The van der Waals surface area contributed by atoms with Crippen LogP contribution in [0, 0.1) is 0 Å². The molecule has 0 amide bonds. The van der Waals surface area contributed by atoms with Gasteiger partial charge in [0.05, 0.1) is 42.2 Å². The average molecular weight is 472 g/mol. The molecule has 6 rings (SSSR count). The summed E-state index contributed by atoms with van der Waals surface area (Å²) >= 11 is 0. The number of rotatable bonds is 5. The van der Waals surface area contributed by atoms with Crippen molar-refractivity contribution >= 4 is 5.82 Å². The maximum atomic E-state index is 15.0. The third-order valence-corrected chi connectivity index (χ3v) is 7.15. The summed E-state index contributed by atoms with van der Waals surface area (Å²) in [6.07, 6.45) is 12.1. The van der Waals surface area contributed by atoms with Crippen LogP contribution in [0.1, 0.15) is 19.3 Å². The van der Waals surface area contributed by atoms with Gasteiger partial charge in [-0.15, -0.1) is 0 Å². The van der Waals surface area contributed by atoms with Gasteiger partial charge in [0.25, 0.3) is 0 Å². The largest absolute Gasteiger partial charge is 0.507 e. The summed E-state index contributed by atoms with van der Waals surface area (Å²) < 4.78 is 16.7. The molecule has 2 saturated heterocycles. The topological polar surface area (TPSA) is 92.0 Å². The van der Waals surface area contributed by atoms with E-state index in [0.29, 0.717) is 23.1 Å². The summed E-state index contributed by atoms with van der Waals surface area (Å²) in [6, 6.07) is 9.30. The number of aromatic hydroxyl groups is 1. The molecule has 1 aromatic carbocycles. The number of alkyl halides is 1. The number of fused-ring (bicyclic) bond motifs is 2. The van der Waals surface area contributed by atoms with Crippen LogP contribution >= 0.6 is 0 Å². The lowest BCUT2D eigenvalue weighted by Gasteiger charge is -2.38. The van der Waals surface area contributed by atoms with Crippen molar-refractivity contribution in [2.45, 2.75) is 43.6 Å². The first-order chi connectivity index (χ1) is 17.1. The number of phenolic OH excluding ortho intramolecular Hbond substituents is 1. The Bertz CT molecular complexity index is 1330. The van der Waals surface area contributed by atoms with E-state index in [4.69, 9.17) is 0 Å². The molecule has 0 saturated carbocycles. The first kappa shape index (κ1) is 21.7. The number of piperidine rings is 1. The van der Waals surface area contributed by atoms with Crippen LogP contribution in [0.3, 0.4) is 0 Å². The Balaban J connectivity index is 1.20. The average Bonchev–Trinajstić information content (AvgIpc) is 3.55. The van der Waals surface area contributed by atoms with Crippen LogP contribution in [-0.4, -0.2) is 61.2 Å². The van der Waals surface area contributed by atoms with Crippen molar-refractivity contribution in [2.24, 2.45) is 0 Å². The molecule has 2 unspecified atom stereocenters. The number of benzene rings is 1. The summed E-state index contributed by atoms with van der Waals surface area (Å²) in [4.78, 5) is 15.1. The minimum absolute atomic E-state index is 0.0691. The Morgan fingerprint density at radius 1 is 1.09 bits per heavy atom. The number of halogens is 1. The van der Waals surface area contributed by atoms with Gasteiger partial charge in [-0.1, -0.05) is 6.07 Å². The van der Waals surface area contributed by atoms with E-state index in [0.717, 1.165) is 36.1 Å². The van der Waals surface area contributed by atoms with Crippen LogP contribution in [0.4, 0.5) is 10.2 Å². The molecule has 5 heterocycles. The normalized spacial score (nSPS) is 23.4. The lowest BCUT2D eigenvalue weighted by molar-refractivity contribution is 0.176. The lowest BCUT2D eigenvalue weighted by Crippen LogP contribution is -2.55. The maximum absolute atomic E-state index is 15.0. The first-order valence-electron chi connectivity index (χ1n) is 11.8.